The predicted molar refractivity (Wildman–Crippen MR) is 98.9 cm³/mol. The fourth-order valence-corrected chi connectivity index (χ4v) is 3.17. The third-order valence-electron chi connectivity index (χ3n) is 4.61. The quantitative estimate of drug-likeness (QED) is 0.673. The van der Waals surface area contributed by atoms with Gasteiger partial charge in [0.1, 0.15) is 12.6 Å². The molecule has 0 bridgehead atoms. The maximum atomic E-state index is 12.9. The lowest BCUT2D eigenvalue weighted by Crippen LogP contribution is -2.51. The molecular formula is C18H24N2O4S. The second kappa shape index (κ2) is 8.38. The predicted octanol–water partition coefficient (Wildman–Crippen LogP) is 1.88. The molecule has 0 aromatic heterocycles. The number of hydrogen-bond donors (Lipinski definition) is 3. The van der Waals surface area contributed by atoms with Gasteiger partial charge >= 0.3 is 5.97 Å². The molecule has 1 aromatic carbocycles. The van der Waals surface area contributed by atoms with Crippen LogP contribution in [0.4, 0.5) is 5.69 Å². The Morgan fingerprint density at radius 1 is 1.40 bits per heavy atom. The van der Waals surface area contributed by atoms with E-state index in [1.165, 1.54) is 4.90 Å². The largest absolute Gasteiger partial charge is 0.480 e. The third-order valence-corrected chi connectivity index (χ3v) is 5.35. The maximum Gasteiger partial charge on any atom is 0.323 e. The summed E-state index contributed by atoms with van der Waals surface area (Å²) in [6, 6.07) is 6.49. The number of thiol groups is 1. The molecule has 2 rings (SSSR count). The Balaban J connectivity index is 2.23. The van der Waals surface area contributed by atoms with Crippen molar-refractivity contribution in [3.8, 4) is 0 Å². The van der Waals surface area contributed by atoms with Crippen LogP contribution in [-0.4, -0.2) is 40.7 Å². The average molecular weight is 364 g/mol. The van der Waals surface area contributed by atoms with E-state index in [2.05, 4.69) is 17.9 Å². The smallest absolute Gasteiger partial charge is 0.323 e. The van der Waals surface area contributed by atoms with E-state index >= 15 is 0 Å². The number of fused-ring (bicyclic) bond motifs is 1. The van der Waals surface area contributed by atoms with Crippen molar-refractivity contribution in [1.82, 2.24) is 5.32 Å². The van der Waals surface area contributed by atoms with Crippen molar-refractivity contribution in [2.24, 2.45) is 5.92 Å². The van der Waals surface area contributed by atoms with Crippen LogP contribution in [0.5, 0.6) is 0 Å². The van der Waals surface area contributed by atoms with Gasteiger partial charge in [0.25, 0.3) is 0 Å². The zero-order chi connectivity index (χ0) is 18.6. The molecule has 136 valence electrons. The SMILES string of the molecule is CC[C@H](C)[C@H](S)C(=O)N[C@H]1CCc2ccccc2N(CC(=O)O)C1=O. The Morgan fingerprint density at radius 3 is 2.72 bits per heavy atom. The molecule has 1 aliphatic rings. The van der Waals surface area contributed by atoms with Gasteiger partial charge in [-0.05, 0) is 30.4 Å². The molecule has 0 saturated carbocycles. The van der Waals surface area contributed by atoms with Crippen molar-refractivity contribution in [2.75, 3.05) is 11.4 Å². The van der Waals surface area contributed by atoms with Crippen LogP contribution in [0.1, 0.15) is 32.3 Å². The van der Waals surface area contributed by atoms with Crippen LogP contribution < -0.4 is 10.2 Å². The highest BCUT2D eigenvalue weighted by Gasteiger charge is 2.33. The monoisotopic (exact) mass is 364 g/mol. The Morgan fingerprint density at radius 2 is 2.08 bits per heavy atom. The molecule has 6 nitrogen and oxygen atoms in total. The second-order valence-electron chi connectivity index (χ2n) is 6.38. The summed E-state index contributed by atoms with van der Waals surface area (Å²) in [6.45, 7) is 3.47. The number of nitrogens with zero attached hydrogens (tertiary/aromatic N) is 1. The summed E-state index contributed by atoms with van der Waals surface area (Å²) in [5, 5.41) is 11.4. The van der Waals surface area contributed by atoms with Crippen molar-refractivity contribution < 1.29 is 19.5 Å². The zero-order valence-corrected chi connectivity index (χ0v) is 15.3. The van der Waals surface area contributed by atoms with E-state index in [1.807, 2.05) is 26.0 Å². The van der Waals surface area contributed by atoms with E-state index < -0.39 is 29.7 Å². The molecule has 25 heavy (non-hydrogen) atoms. The summed E-state index contributed by atoms with van der Waals surface area (Å²) >= 11 is 4.35. The first-order valence-electron chi connectivity index (χ1n) is 8.44. The number of carbonyl (C=O) groups excluding carboxylic acids is 2. The van der Waals surface area contributed by atoms with Gasteiger partial charge in [-0.1, -0.05) is 38.5 Å². The Labute approximate surface area is 153 Å². The van der Waals surface area contributed by atoms with Crippen LogP contribution in [-0.2, 0) is 20.8 Å². The van der Waals surface area contributed by atoms with Gasteiger partial charge in [0.2, 0.25) is 11.8 Å². The topological polar surface area (TPSA) is 86.7 Å². The van der Waals surface area contributed by atoms with Crippen molar-refractivity contribution >= 4 is 36.1 Å². The molecule has 0 fully saturated rings. The lowest BCUT2D eigenvalue weighted by molar-refractivity contribution is -0.137. The van der Waals surface area contributed by atoms with Gasteiger partial charge in [-0.2, -0.15) is 12.6 Å². The van der Waals surface area contributed by atoms with Crippen molar-refractivity contribution in [3.63, 3.8) is 0 Å². The number of carbonyl (C=O) groups is 3. The summed E-state index contributed by atoms with van der Waals surface area (Å²) in [5.41, 5.74) is 1.49. The molecule has 0 radical (unpaired) electrons. The summed E-state index contributed by atoms with van der Waals surface area (Å²) in [7, 11) is 0. The first-order valence-corrected chi connectivity index (χ1v) is 8.96. The van der Waals surface area contributed by atoms with Gasteiger partial charge in [-0.3, -0.25) is 19.3 Å². The molecule has 0 unspecified atom stereocenters. The molecule has 2 amide bonds. The minimum absolute atomic E-state index is 0.0801. The number of anilines is 1. The number of aryl methyl sites for hydroxylation is 1. The lowest BCUT2D eigenvalue weighted by atomic mass is 10.0. The Kier molecular flexibility index (Phi) is 6.47. The molecule has 1 aliphatic heterocycles. The van der Waals surface area contributed by atoms with E-state index in [4.69, 9.17) is 5.11 Å². The van der Waals surface area contributed by atoms with E-state index in [0.29, 0.717) is 18.5 Å². The number of carboxylic acids is 1. The number of aliphatic carboxylic acids is 1. The highest BCUT2D eigenvalue weighted by molar-refractivity contribution is 7.81. The normalized spacial score (nSPS) is 19.6. The maximum absolute atomic E-state index is 12.9. The summed E-state index contributed by atoms with van der Waals surface area (Å²) in [6.07, 6.45) is 1.82. The number of nitrogens with one attached hydrogen (secondary N) is 1. The third kappa shape index (κ3) is 4.54. The van der Waals surface area contributed by atoms with E-state index in [9.17, 15) is 14.4 Å². The number of para-hydroxylation sites is 1. The van der Waals surface area contributed by atoms with Gasteiger partial charge in [0, 0.05) is 5.69 Å². The van der Waals surface area contributed by atoms with Gasteiger partial charge in [-0.15, -0.1) is 0 Å². The van der Waals surface area contributed by atoms with E-state index in [-0.39, 0.29) is 11.8 Å². The molecule has 7 heteroatoms. The highest BCUT2D eigenvalue weighted by Crippen LogP contribution is 2.27. The van der Waals surface area contributed by atoms with Crippen molar-refractivity contribution in [2.45, 2.75) is 44.4 Å². The van der Waals surface area contributed by atoms with Crippen LogP contribution in [0, 0.1) is 5.92 Å². The Hall–Kier alpha value is -2.02. The fraction of sp³-hybridized carbons (Fsp3) is 0.500. The van der Waals surface area contributed by atoms with Crippen LogP contribution in [0.2, 0.25) is 0 Å². The first kappa shape index (κ1) is 19.3. The van der Waals surface area contributed by atoms with Crippen LogP contribution in [0.25, 0.3) is 0 Å². The average Bonchev–Trinajstić information content (AvgIpc) is 2.72. The number of rotatable bonds is 6. The highest BCUT2D eigenvalue weighted by atomic mass is 32.1. The van der Waals surface area contributed by atoms with Crippen LogP contribution in [0.15, 0.2) is 24.3 Å². The van der Waals surface area contributed by atoms with E-state index in [0.717, 1.165) is 12.0 Å². The summed E-state index contributed by atoms with van der Waals surface area (Å²) < 4.78 is 0. The van der Waals surface area contributed by atoms with E-state index in [1.54, 1.807) is 12.1 Å². The molecule has 0 spiro atoms. The number of benzene rings is 1. The molecule has 3 atom stereocenters. The lowest BCUT2D eigenvalue weighted by Gasteiger charge is -2.26. The molecule has 0 saturated heterocycles. The summed E-state index contributed by atoms with van der Waals surface area (Å²) in [4.78, 5) is 37.7. The van der Waals surface area contributed by atoms with Gasteiger partial charge < -0.3 is 10.4 Å². The molecule has 2 N–H and O–H groups in total. The number of carboxylic acid groups (broad SMARTS) is 1. The summed E-state index contributed by atoms with van der Waals surface area (Å²) in [5.74, 6) is -1.71. The molecule has 1 heterocycles. The second-order valence-corrected chi connectivity index (χ2v) is 6.93. The van der Waals surface area contributed by atoms with Gasteiger partial charge in [0.05, 0.1) is 5.25 Å². The van der Waals surface area contributed by atoms with Crippen molar-refractivity contribution in [3.05, 3.63) is 29.8 Å². The zero-order valence-electron chi connectivity index (χ0n) is 14.4. The van der Waals surface area contributed by atoms with Crippen LogP contribution >= 0.6 is 12.6 Å². The molecular weight excluding hydrogens is 340 g/mol. The number of amides is 2. The first-order chi connectivity index (χ1) is 11.8. The fourth-order valence-electron chi connectivity index (χ4n) is 2.89. The number of hydrogen-bond acceptors (Lipinski definition) is 4. The Bertz CT molecular complexity index is 664. The minimum atomic E-state index is -1.10. The molecule has 1 aromatic rings. The van der Waals surface area contributed by atoms with Crippen molar-refractivity contribution in [1.29, 1.82) is 0 Å². The minimum Gasteiger partial charge on any atom is -0.480 e. The van der Waals surface area contributed by atoms with Crippen LogP contribution in [0.3, 0.4) is 0 Å². The van der Waals surface area contributed by atoms with Gasteiger partial charge in [0.15, 0.2) is 0 Å². The standard InChI is InChI=1S/C18H24N2O4S/c1-3-11(2)16(25)17(23)19-13-9-8-12-6-4-5-7-14(12)20(18(13)24)10-15(21)22/h4-7,11,13,16,25H,3,8-10H2,1-2H3,(H,19,23)(H,21,22)/t11-,13-,16-/m0/s1. The molecule has 0 aliphatic carbocycles. The van der Waals surface area contributed by atoms with Gasteiger partial charge in [-0.25, -0.2) is 0 Å².